The number of carbonyl (C=O) groups is 1. The molecule has 0 saturated carbocycles. The zero-order chi connectivity index (χ0) is 8.43. The summed E-state index contributed by atoms with van der Waals surface area (Å²) in [6.07, 6.45) is 1.16. The van der Waals surface area contributed by atoms with E-state index in [1.165, 1.54) is 6.07 Å². The lowest BCUT2D eigenvalue weighted by molar-refractivity contribution is 0.0696. The van der Waals surface area contributed by atoms with E-state index >= 15 is 0 Å². The maximum atomic E-state index is 10.3. The molecular weight excluding hydrogens is 143 g/mol. The smallest absolute Gasteiger partial charge is 0.337 e. The summed E-state index contributed by atoms with van der Waals surface area (Å²) in [7, 11) is 5.31. The third kappa shape index (κ3) is 1.49. The van der Waals surface area contributed by atoms with Crippen LogP contribution in [0.1, 0.15) is 10.4 Å². The van der Waals surface area contributed by atoms with Crippen LogP contribution in [0.15, 0.2) is 12.3 Å². The fourth-order valence-electron chi connectivity index (χ4n) is 0.609. The van der Waals surface area contributed by atoms with Crippen molar-refractivity contribution < 1.29 is 9.90 Å². The van der Waals surface area contributed by atoms with Crippen molar-refractivity contribution in [3.63, 3.8) is 0 Å². The van der Waals surface area contributed by atoms with E-state index in [4.69, 9.17) is 18.7 Å². The number of anilines is 1. The van der Waals surface area contributed by atoms with Crippen LogP contribution in [0.2, 0.25) is 0 Å². The topological polar surface area (TPSA) is 76.2 Å². The van der Waals surface area contributed by atoms with Crippen LogP contribution in [-0.4, -0.2) is 23.9 Å². The lowest BCUT2D eigenvalue weighted by atomic mass is 9.96. The quantitative estimate of drug-likeness (QED) is 0.508. The highest BCUT2D eigenvalue weighted by Gasteiger charge is 2.03. The van der Waals surface area contributed by atoms with Crippen molar-refractivity contribution in [3.05, 3.63) is 17.8 Å². The number of pyridine rings is 1. The molecule has 0 fully saturated rings. The summed E-state index contributed by atoms with van der Waals surface area (Å²) in [6.45, 7) is 0. The summed E-state index contributed by atoms with van der Waals surface area (Å²) in [4.78, 5) is 13.9. The third-order valence-corrected chi connectivity index (χ3v) is 1.20. The van der Waals surface area contributed by atoms with Gasteiger partial charge in [0, 0.05) is 6.20 Å². The minimum absolute atomic E-state index is 0.0386. The van der Waals surface area contributed by atoms with E-state index in [0.717, 1.165) is 6.20 Å². The number of rotatable bonds is 1. The van der Waals surface area contributed by atoms with Crippen molar-refractivity contribution in [2.75, 3.05) is 5.73 Å². The van der Waals surface area contributed by atoms with Gasteiger partial charge in [0.05, 0.1) is 5.56 Å². The average molecular weight is 148 g/mol. The second-order valence-corrected chi connectivity index (χ2v) is 2.00. The number of carboxylic acid groups (broad SMARTS) is 1. The predicted octanol–water partition coefficient (Wildman–Crippen LogP) is -0.844. The summed E-state index contributed by atoms with van der Waals surface area (Å²) in [5.74, 6) is -0.917. The standard InChI is InChI=1S/C6H5BN2O2/c7-4-1-3(6(10)11)2-9-5(4)8/h1-2H,(H2,8,9)(H,10,11). The summed E-state index contributed by atoms with van der Waals surface area (Å²) in [5, 5.41) is 8.46. The van der Waals surface area contributed by atoms with Gasteiger partial charge in [-0.1, -0.05) is 5.46 Å². The maximum Gasteiger partial charge on any atom is 0.337 e. The Bertz CT molecular complexity index is 301. The average Bonchev–Trinajstić information content (AvgIpc) is 1.94. The van der Waals surface area contributed by atoms with Crippen LogP contribution in [0.4, 0.5) is 5.82 Å². The fourth-order valence-corrected chi connectivity index (χ4v) is 0.609. The Morgan fingerprint density at radius 2 is 2.36 bits per heavy atom. The molecule has 0 saturated heterocycles. The Hall–Kier alpha value is -1.52. The molecule has 4 nitrogen and oxygen atoms in total. The van der Waals surface area contributed by atoms with Gasteiger partial charge in [0.1, 0.15) is 13.7 Å². The number of hydrogen-bond donors (Lipinski definition) is 2. The van der Waals surface area contributed by atoms with Gasteiger partial charge in [-0.15, -0.1) is 0 Å². The zero-order valence-corrected chi connectivity index (χ0v) is 5.61. The van der Waals surface area contributed by atoms with Gasteiger partial charge in [0.25, 0.3) is 0 Å². The van der Waals surface area contributed by atoms with Crippen LogP contribution in [-0.2, 0) is 0 Å². The molecule has 2 radical (unpaired) electrons. The molecule has 0 aliphatic carbocycles. The molecule has 1 heterocycles. The molecule has 1 aromatic rings. The molecule has 0 bridgehead atoms. The van der Waals surface area contributed by atoms with Crippen LogP contribution in [0.25, 0.3) is 0 Å². The Balaban J connectivity index is 3.15. The summed E-state index contributed by atoms with van der Waals surface area (Å²) >= 11 is 0. The fraction of sp³-hybridized carbons (Fsp3) is 0. The zero-order valence-electron chi connectivity index (χ0n) is 5.61. The first kappa shape index (κ1) is 7.59. The number of aromatic carboxylic acids is 1. The summed E-state index contributed by atoms with van der Waals surface area (Å²) < 4.78 is 0. The molecule has 3 N–H and O–H groups in total. The van der Waals surface area contributed by atoms with Crippen molar-refractivity contribution in [2.45, 2.75) is 0 Å². The predicted molar refractivity (Wildman–Crippen MR) is 41.0 cm³/mol. The third-order valence-electron chi connectivity index (χ3n) is 1.20. The van der Waals surface area contributed by atoms with Crippen molar-refractivity contribution in [1.29, 1.82) is 0 Å². The van der Waals surface area contributed by atoms with Gasteiger partial charge >= 0.3 is 5.97 Å². The maximum absolute atomic E-state index is 10.3. The molecule has 11 heavy (non-hydrogen) atoms. The summed E-state index contributed by atoms with van der Waals surface area (Å²) in [5.41, 5.74) is 5.48. The molecule has 54 valence electrons. The van der Waals surface area contributed by atoms with Crippen LogP contribution < -0.4 is 11.2 Å². The minimum atomic E-state index is -1.07. The monoisotopic (exact) mass is 148 g/mol. The highest BCUT2D eigenvalue weighted by Crippen LogP contribution is 1.96. The second kappa shape index (κ2) is 2.61. The number of hydrogen-bond acceptors (Lipinski definition) is 3. The number of carboxylic acids is 1. The van der Waals surface area contributed by atoms with Crippen molar-refractivity contribution >= 4 is 25.1 Å². The lowest BCUT2D eigenvalue weighted by Crippen LogP contribution is -2.14. The van der Waals surface area contributed by atoms with Gasteiger partial charge in [0.15, 0.2) is 0 Å². The van der Waals surface area contributed by atoms with Gasteiger partial charge in [0.2, 0.25) is 0 Å². The molecule has 1 rings (SSSR count). The van der Waals surface area contributed by atoms with Gasteiger partial charge in [-0.05, 0) is 6.07 Å². The molecule has 5 heteroatoms. The van der Waals surface area contributed by atoms with Gasteiger partial charge in [-0.3, -0.25) is 0 Å². The van der Waals surface area contributed by atoms with Crippen LogP contribution in [0.5, 0.6) is 0 Å². The number of nitrogen functional groups attached to an aromatic ring is 1. The number of nitrogens with zero attached hydrogens (tertiary/aromatic N) is 1. The van der Waals surface area contributed by atoms with E-state index in [1.54, 1.807) is 0 Å². The minimum Gasteiger partial charge on any atom is -0.478 e. The lowest BCUT2D eigenvalue weighted by Gasteiger charge is -1.98. The van der Waals surface area contributed by atoms with E-state index in [9.17, 15) is 4.79 Å². The SMILES string of the molecule is [B]c1cc(C(=O)O)cnc1N. The molecule has 0 aromatic carbocycles. The van der Waals surface area contributed by atoms with E-state index < -0.39 is 5.97 Å². The Morgan fingerprint density at radius 3 is 2.82 bits per heavy atom. The Kier molecular flexibility index (Phi) is 1.80. The molecule has 0 amide bonds. The van der Waals surface area contributed by atoms with Crippen LogP contribution >= 0.6 is 0 Å². The van der Waals surface area contributed by atoms with Crippen molar-refractivity contribution in [2.24, 2.45) is 0 Å². The second-order valence-electron chi connectivity index (χ2n) is 2.00. The first-order valence-corrected chi connectivity index (χ1v) is 2.85. The highest BCUT2D eigenvalue weighted by atomic mass is 16.4. The summed E-state index contributed by atoms with van der Waals surface area (Å²) in [6, 6.07) is 1.27. The molecule has 0 aliphatic heterocycles. The van der Waals surface area contributed by atoms with Crippen LogP contribution in [0, 0.1) is 0 Å². The molecule has 0 atom stereocenters. The molecular formula is C6H5BN2O2. The molecule has 0 unspecified atom stereocenters. The molecule has 0 spiro atoms. The first-order chi connectivity index (χ1) is 5.11. The highest BCUT2D eigenvalue weighted by molar-refractivity contribution is 6.35. The van der Waals surface area contributed by atoms with Crippen molar-refractivity contribution in [3.8, 4) is 0 Å². The Morgan fingerprint density at radius 1 is 1.73 bits per heavy atom. The van der Waals surface area contributed by atoms with E-state index in [-0.39, 0.29) is 16.8 Å². The van der Waals surface area contributed by atoms with Crippen LogP contribution in [0.3, 0.4) is 0 Å². The van der Waals surface area contributed by atoms with E-state index in [1.807, 2.05) is 0 Å². The van der Waals surface area contributed by atoms with E-state index in [2.05, 4.69) is 4.98 Å². The molecule has 1 aromatic heterocycles. The normalized spacial score (nSPS) is 9.45. The van der Waals surface area contributed by atoms with Gasteiger partial charge < -0.3 is 10.8 Å². The van der Waals surface area contributed by atoms with Gasteiger partial charge in [-0.25, -0.2) is 9.78 Å². The Labute approximate surface area is 64.5 Å². The first-order valence-electron chi connectivity index (χ1n) is 2.85. The van der Waals surface area contributed by atoms with Crippen molar-refractivity contribution in [1.82, 2.24) is 4.98 Å². The van der Waals surface area contributed by atoms with E-state index in [0.29, 0.717) is 0 Å². The number of nitrogens with two attached hydrogens (primary N) is 1. The number of aromatic nitrogens is 1. The molecule has 0 aliphatic rings. The van der Waals surface area contributed by atoms with Gasteiger partial charge in [-0.2, -0.15) is 0 Å². The largest absolute Gasteiger partial charge is 0.478 e.